The van der Waals surface area contributed by atoms with Crippen LogP contribution in [-0.2, 0) is 11.3 Å². The molecule has 0 unspecified atom stereocenters. The highest BCUT2D eigenvalue weighted by Crippen LogP contribution is 2.12. The molecule has 0 atom stereocenters. The highest BCUT2D eigenvalue weighted by molar-refractivity contribution is 5.89. The van der Waals surface area contributed by atoms with Crippen molar-refractivity contribution in [3.8, 4) is 0 Å². The fourth-order valence-electron chi connectivity index (χ4n) is 2.49. The Hall–Kier alpha value is -2.74. The minimum absolute atomic E-state index is 0.272. The number of aryl methyl sites for hydroxylation is 1. The summed E-state index contributed by atoms with van der Waals surface area (Å²) in [6.45, 7) is 4.99. The first-order valence-corrected chi connectivity index (χ1v) is 8.08. The van der Waals surface area contributed by atoms with Crippen molar-refractivity contribution in [2.24, 2.45) is 0 Å². The van der Waals surface area contributed by atoms with Crippen LogP contribution in [0.15, 0.2) is 30.3 Å². The first-order chi connectivity index (χ1) is 12.1. The van der Waals surface area contributed by atoms with Crippen LogP contribution in [0, 0.1) is 12.7 Å². The van der Waals surface area contributed by atoms with Gasteiger partial charge in [0.2, 0.25) is 5.95 Å². The Morgan fingerprint density at radius 2 is 1.96 bits per heavy atom. The van der Waals surface area contributed by atoms with Gasteiger partial charge in [0.25, 0.3) is 0 Å². The van der Waals surface area contributed by atoms with Crippen molar-refractivity contribution in [3.63, 3.8) is 0 Å². The van der Waals surface area contributed by atoms with Gasteiger partial charge in [0.05, 0.1) is 25.5 Å². The summed E-state index contributed by atoms with van der Waals surface area (Å²) < 4.78 is 18.2. The zero-order chi connectivity index (χ0) is 17.6. The Kier molecular flexibility index (Phi) is 5.39. The first-order valence-electron chi connectivity index (χ1n) is 8.08. The standard InChI is InChI=1S/C17H20FN5O2/c1-12-10-15(21-16(20-12)23-6-8-25-9-7-23)11-19-17(24)22-14-4-2-13(18)3-5-14/h2-5,10H,6-9,11H2,1H3,(H2,19,22,24). The second-order valence-electron chi connectivity index (χ2n) is 5.71. The van der Waals surface area contributed by atoms with Gasteiger partial charge in [-0.2, -0.15) is 0 Å². The number of nitrogens with one attached hydrogen (secondary N) is 2. The van der Waals surface area contributed by atoms with Crippen LogP contribution in [0.3, 0.4) is 0 Å². The molecule has 2 amide bonds. The van der Waals surface area contributed by atoms with Crippen LogP contribution in [0.5, 0.6) is 0 Å². The van der Waals surface area contributed by atoms with Gasteiger partial charge in [0.1, 0.15) is 5.82 Å². The monoisotopic (exact) mass is 345 g/mol. The summed E-state index contributed by atoms with van der Waals surface area (Å²) in [7, 11) is 0. The maximum Gasteiger partial charge on any atom is 0.319 e. The third kappa shape index (κ3) is 4.87. The van der Waals surface area contributed by atoms with Crippen molar-refractivity contribution in [2.75, 3.05) is 36.5 Å². The predicted molar refractivity (Wildman–Crippen MR) is 92.1 cm³/mol. The van der Waals surface area contributed by atoms with Crippen LogP contribution in [0.25, 0.3) is 0 Å². The summed E-state index contributed by atoms with van der Waals surface area (Å²) in [6.07, 6.45) is 0. The normalized spacial score (nSPS) is 14.2. The number of hydrogen-bond donors (Lipinski definition) is 2. The van der Waals surface area contributed by atoms with Gasteiger partial charge in [0.15, 0.2) is 0 Å². The molecule has 1 aliphatic heterocycles. The molecule has 2 N–H and O–H groups in total. The number of halogens is 1. The van der Waals surface area contributed by atoms with Crippen molar-refractivity contribution >= 4 is 17.7 Å². The second-order valence-corrected chi connectivity index (χ2v) is 5.71. The molecule has 0 radical (unpaired) electrons. The maximum absolute atomic E-state index is 12.9. The van der Waals surface area contributed by atoms with Crippen LogP contribution in [-0.4, -0.2) is 42.3 Å². The smallest absolute Gasteiger partial charge is 0.319 e. The molecule has 132 valence electrons. The Morgan fingerprint density at radius 3 is 2.68 bits per heavy atom. The molecule has 0 saturated carbocycles. The Bertz CT molecular complexity index is 732. The predicted octanol–water partition coefficient (Wildman–Crippen LogP) is 2.08. The van der Waals surface area contributed by atoms with E-state index in [-0.39, 0.29) is 18.4 Å². The largest absolute Gasteiger partial charge is 0.378 e. The van der Waals surface area contributed by atoms with Crippen molar-refractivity contribution in [1.82, 2.24) is 15.3 Å². The number of nitrogens with zero attached hydrogens (tertiary/aromatic N) is 3. The number of carbonyl (C=O) groups is 1. The van der Waals surface area contributed by atoms with Crippen LogP contribution in [0.2, 0.25) is 0 Å². The lowest BCUT2D eigenvalue weighted by atomic mass is 10.3. The highest BCUT2D eigenvalue weighted by Gasteiger charge is 2.15. The zero-order valence-corrected chi connectivity index (χ0v) is 14.0. The van der Waals surface area contributed by atoms with Gasteiger partial charge in [0, 0.05) is 24.5 Å². The molecule has 0 aliphatic carbocycles. The van der Waals surface area contributed by atoms with E-state index in [1.54, 1.807) is 0 Å². The number of carbonyl (C=O) groups excluding carboxylic acids is 1. The van der Waals surface area contributed by atoms with E-state index in [0.29, 0.717) is 24.8 Å². The zero-order valence-electron chi connectivity index (χ0n) is 14.0. The number of anilines is 2. The summed E-state index contributed by atoms with van der Waals surface area (Å²) in [5, 5.41) is 5.39. The lowest BCUT2D eigenvalue weighted by Gasteiger charge is -2.27. The topological polar surface area (TPSA) is 79.4 Å². The van der Waals surface area contributed by atoms with Crippen LogP contribution >= 0.6 is 0 Å². The molecule has 3 rings (SSSR count). The third-order valence-corrected chi connectivity index (χ3v) is 3.72. The second kappa shape index (κ2) is 7.89. The van der Waals surface area contributed by atoms with Gasteiger partial charge in [-0.1, -0.05) is 0 Å². The molecule has 0 spiro atoms. The van der Waals surface area contributed by atoms with Gasteiger partial charge >= 0.3 is 6.03 Å². The summed E-state index contributed by atoms with van der Waals surface area (Å²) in [6, 6.07) is 7.04. The van der Waals surface area contributed by atoms with E-state index in [9.17, 15) is 9.18 Å². The molecule has 8 heteroatoms. The van der Waals surface area contributed by atoms with E-state index >= 15 is 0 Å². The van der Waals surface area contributed by atoms with Crippen LogP contribution in [0.1, 0.15) is 11.4 Å². The van der Waals surface area contributed by atoms with Gasteiger partial charge in [-0.05, 0) is 37.3 Å². The van der Waals surface area contributed by atoms with Crippen molar-refractivity contribution in [2.45, 2.75) is 13.5 Å². The minimum Gasteiger partial charge on any atom is -0.378 e. The molecule has 2 heterocycles. The lowest BCUT2D eigenvalue weighted by molar-refractivity contribution is 0.122. The molecule has 1 aliphatic rings. The van der Waals surface area contributed by atoms with Crippen LogP contribution in [0.4, 0.5) is 20.8 Å². The lowest BCUT2D eigenvalue weighted by Crippen LogP contribution is -2.37. The van der Waals surface area contributed by atoms with Crippen molar-refractivity contribution < 1.29 is 13.9 Å². The first kappa shape index (κ1) is 17.1. The Balaban J connectivity index is 1.59. The Morgan fingerprint density at radius 1 is 1.24 bits per heavy atom. The van der Waals surface area contributed by atoms with Gasteiger partial charge in [-0.3, -0.25) is 0 Å². The average molecular weight is 345 g/mol. The molecule has 1 fully saturated rings. The number of rotatable bonds is 4. The highest BCUT2D eigenvalue weighted by atomic mass is 19.1. The number of aromatic nitrogens is 2. The summed E-state index contributed by atoms with van der Waals surface area (Å²) in [5.74, 6) is 0.303. The maximum atomic E-state index is 12.9. The summed E-state index contributed by atoms with van der Waals surface area (Å²) >= 11 is 0. The van der Waals surface area contributed by atoms with Crippen LogP contribution < -0.4 is 15.5 Å². The molecular weight excluding hydrogens is 325 g/mol. The van der Waals surface area contributed by atoms with E-state index in [2.05, 4.69) is 25.5 Å². The van der Waals surface area contributed by atoms with E-state index < -0.39 is 0 Å². The molecule has 1 saturated heterocycles. The third-order valence-electron chi connectivity index (χ3n) is 3.72. The molecule has 2 aromatic rings. The number of ether oxygens (including phenoxy) is 1. The summed E-state index contributed by atoms with van der Waals surface area (Å²) in [4.78, 5) is 23.0. The van der Waals surface area contributed by atoms with Crippen molar-refractivity contribution in [1.29, 1.82) is 0 Å². The number of morpholine rings is 1. The van der Waals surface area contributed by atoms with Gasteiger partial charge in [-0.25, -0.2) is 19.2 Å². The molecule has 1 aromatic carbocycles. The molecule has 1 aromatic heterocycles. The number of amides is 2. The van der Waals surface area contributed by atoms with Crippen molar-refractivity contribution in [3.05, 3.63) is 47.5 Å². The fraction of sp³-hybridized carbons (Fsp3) is 0.353. The minimum atomic E-state index is -0.379. The quantitative estimate of drug-likeness (QED) is 0.887. The van der Waals surface area contributed by atoms with E-state index in [1.165, 1.54) is 24.3 Å². The van der Waals surface area contributed by atoms with E-state index in [4.69, 9.17) is 4.74 Å². The summed E-state index contributed by atoms with van der Waals surface area (Å²) in [5.41, 5.74) is 2.09. The van der Waals surface area contributed by atoms with E-state index in [0.717, 1.165) is 24.5 Å². The SMILES string of the molecule is Cc1cc(CNC(=O)Nc2ccc(F)cc2)nc(N2CCOCC2)n1. The van der Waals surface area contributed by atoms with Gasteiger partial charge in [-0.15, -0.1) is 0 Å². The molecule has 7 nitrogen and oxygen atoms in total. The molecule has 0 bridgehead atoms. The fourth-order valence-corrected chi connectivity index (χ4v) is 2.49. The average Bonchev–Trinajstić information content (AvgIpc) is 2.62. The van der Waals surface area contributed by atoms with Gasteiger partial charge < -0.3 is 20.3 Å². The Labute approximate surface area is 145 Å². The number of benzene rings is 1. The van der Waals surface area contributed by atoms with E-state index in [1.807, 2.05) is 13.0 Å². The molecular formula is C17H20FN5O2. The molecule has 25 heavy (non-hydrogen) atoms. The number of urea groups is 1. The number of hydrogen-bond acceptors (Lipinski definition) is 5.